The molecule has 1 N–H and O–H groups in total. The lowest BCUT2D eigenvalue weighted by molar-refractivity contribution is -0.118. The Bertz CT molecular complexity index is 988. The molecule has 1 heterocycles. The maximum atomic E-state index is 13.9. The number of carbonyl (C=O) groups excluding carboxylic acids is 1. The number of thiazole rings is 1. The first kappa shape index (κ1) is 19.8. The highest BCUT2D eigenvalue weighted by molar-refractivity contribution is 7.15. The summed E-state index contributed by atoms with van der Waals surface area (Å²) >= 11 is 1.33. The van der Waals surface area contributed by atoms with E-state index in [-0.39, 0.29) is 18.3 Å². The molecule has 0 saturated carbocycles. The number of hydrogen-bond donors (Lipinski definition) is 1. The summed E-state index contributed by atoms with van der Waals surface area (Å²) in [6.07, 6.45) is 0.434. The highest BCUT2D eigenvalue weighted by Gasteiger charge is 2.14. The van der Waals surface area contributed by atoms with Crippen LogP contribution in [0.15, 0.2) is 42.5 Å². The van der Waals surface area contributed by atoms with E-state index in [9.17, 15) is 9.18 Å². The smallest absolute Gasteiger partial charge is 0.264 e. The van der Waals surface area contributed by atoms with Gasteiger partial charge in [-0.1, -0.05) is 24.3 Å². The summed E-state index contributed by atoms with van der Waals surface area (Å²) in [6.45, 7) is 3.62. The summed E-state index contributed by atoms with van der Waals surface area (Å²) in [6, 6.07) is 12.1. The average molecular weight is 400 g/mol. The van der Waals surface area contributed by atoms with Gasteiger partial charge >= 0.3 is 0 Å². The zero-order valence-electron chi connectivity index (χ0n) is 15.9. The van der Waals surface area contributed by atoms with Gasteiger partial charge in [-0.05, 0) is 43.2 Å². The molecule has 0 fully saturated rings. The second-order valence-corrected chi connectivity index (χ2v) is 7.37. The Kier molecular flexibility index (Phi) is 6.26. The van der Waals surface area contributed by atoms with Crippen LogP contribution in [0.3, 0.4) is 0 Å². The molecule has 0 spiro atoms. The van der Waals surface area contributed by atoms with Gasteiger partial charge in [0.2, 0.25) is 0 Å². The Hall–Kier alpha value is -2.93. The molecule has 146 valence electrons. The highest BCUT2D eigenvalue weighted by atomic mass is 32.1. The molecule has 28 heavy (non-hydrogen) atoms. The molecule has 0 saturated heterocycles. The summed E-state index contributed by atoms with van der Waals surface area (Å²) < 4.78 is 24.7. The molecular formula is C21H21FN2O3S. The number of amides is 1. The van der Waals surface area contributed by atoms with Crippen LogP contribution in [-0.2, 0) is 11.2 Å². The molecule has 0 bridgehead atoms. The number of nitrogens with one attached hydrogen (secondary N) is 1. The lowest BCUT2D eigenvalue weighted by Gasteiger charge is -2.10. The number of methoxy groups -OCH3 is 1. The van der Waals surface area contributed by atoms with Crippen LogP contribution in [0.1, 0.15) is 21.7 Å². The maximum absolute atomic E-state index is 13.9. The summed E-state index contributed by atoms with van der Waals surface area (Å²) in [7, 11) is 1.55. The van der Waals surface area contributed by atoms with E-state index < -0.39 is 0 Å². The van der Waals surface area contributed by atoms with Crippen molar-refractivity contribution in [1.29, 1.82) is 0 Å². The third-order valence-electron chi connectivity index (χ3n) is 4.13. The number of aryl methyl sites for hydroxylation is 2. The van der Waals surface area contributed by atoms with Crippen LogP contribution in [0, 0.1) is 19.7 Å². The van der Waals surface area contributed by atoms with Crippen molar-refractivity contribution >= 4 is 22.4 Å². The third kappa shape index (κ3) is 4.86. The lowest BCUT2D eigenvalue weighted by atomic mass is 10.1. The van der Waals surface area contributed by atoms with Gasteiger partial charge in [0, 0.05) is 11.3 Å². The summed E-state index contributed by atoms with van der Waals surface area (Å²) in [5, 5.41) is 3.20. The van der Waals surface area contributed by atoms with Crippen molar-refractivity contribution in [2.45, 2.75) is 20.3 Å². The lowest BCUT2D eigenvalue weighted by Crippen LogP contribution is -2.20. The van der Waals surface area contributed by atoms with Crippen LogP contribution in [0.25, 0.3) is 0 Å². The fraction of sp³-hybridized carbons (Fsp3) is 0.238. The molecule has 0 radical (unpaired) electrons. The molecule has 1 amide bonds. The van der Waals surface area contributed by atoms with Gasteiger partial charge in [-0.25, -0.2) is 9.37 Å². The molecule has 0 atom stereocenters. The predicted molar refractivity (Wildman–Crippen MR) is 108 cm³/mol. The van der Waals surface area contributed by atoms with Crippen LogP contribution in [-0.4, -0.2) is 24.6 Å². The summed E-state index contributed by atoms with van der Waals surface area (Å²) in [4.78, 5) is 17.5. The quantitative estimate of drug-likeness (QED) is 0.634. The summed E-state index contributed by atoms with van der Waals surface area (Å²) in [5.41, 5.74) is 2.40. The zero-order chi connectivity index (χ0) is 20.1. The van der Waals surface area contributed by atoms with Crippen LogP contribution in [0.4, 0.5) is 9.52 Å². The number of nitrogens with zero attached hydrogens (tertiary/aromatic N) is 1. The minimum atomic E-state index is -0.325. The van der Waals surface area contributed by atoms with E-state index >= 15 is 0 Å². The third-order valence-corrected chi connectivity index (χ3v) is 5.20. The Morgan fingerprint density at radius 1 is 1.18 bits per heavy atom. The van der Waals surface area contributed by atoms with E-state index in [1.165, 1.54) is 17.4 Å². The number of benzene rings is 2. The number of rotatable bonds is 7. The Morgan fingerprint density at radius 3 is 2.71 bits per heavy atom. The van der Waals surface area contributed by atoms with Crippen LogP contribution in [0.5, 0.6) is 11.5 Å². The normalized spacial score (nSPS) is 10.6. The molecule has 2 aromatic carbocycles. The van der Waals surface area contributed by atoms with Gasteiger partial charge in [-0.3, -0.25) is 10.1 Å². The average Bonchev–Trinajstić information content (AvgIpc) is 3.01. The SMILES string of the molecule is COc1cc(C)ccc1OCC(=O)Nc1nc(C)c(Cc2ccccc2F)s1. The van der Waals surface area contributed by atoms with E-state index in [0.29, 0.717) is 28.6 Å². The first-order valence-corrected chi connectivity index (χ1v) is 9.55. The van der Waals surface area contributed by atoms with E-state index in [1.807, 2.05) is 26.0 Å². The Morgan fingerprint density at radius 2 is 1.96 bits per heavy atom. The molecule has 0 unspecified atom stereocenters. The standard InChI is InChI=1S/C21H21FN2O3S/c1-13-8-9-17(18(10-13)26-3)27-12-20(25)24-21-23-14(2)19(28-21)11-15-6-4-5-7-16(15)22/h4-10H,11-12H2,1-3H3,(H,23,24,25). The van der Waals surface area contributed by atoms with E-state index in [4.69, 9.17) is 9.47 Å². The van der Waals surface area contributed by atoms with Crippen molar-refractivity contribution in [3.8, 4) is 11.5 Å². The molecular weight excluding hydrogens is 379 g/mol. The number of halogens is 1. The van der Waals surface area contributed by atoms with E-state index in [1.54, 1.807) is 31.4 Å². The monoisotopic (exact) mass is 400 g/mol. The minimum absolute atomic E-state index is 0.166. The molecule has 0 aliphatic carbocycles. The predicted octanol–water partition coefficient (Wildman–Crippen LogP) is 4.52. The van der Waals surface area contributed by atoms with Crippen molar-refractivity contribution in [2.24, 2.45) is 0 Å². The van der Waals surface area contributed by atoms with Crippen molar-refractivity contribution in [2.75, 3.05) is 19.0 Å². The summed E-state index contributed by atoms with van der Waals surface area (Å²) in [5.74, 6) is 0.499. The molecule has 3 aromatic rings. The first-order valence-electron chi connectivity index (χ1n) is 8.73. The van der Waals surface area contributed by atoms with Crippen molar-refractivity contribution in [1.82, 2.24) is 4.98 Å². The number of carbonyl (C=O) groups is 1. The Labute approximate surface area is 167 Å². The first-order chi connectivity index (χ1) is 13.5. The second-order valence-electron chi connectivity index (χ2n) is 6.29. The molecule has 0 aliphatic rings. The van der Waals surface area contributed by atoms with Gasteiger partial charge in [0.05, 0.1) is 12.8 Å². The largest absolute Gasteiger partial charge is 0.493 e. The van der Waals surface area contributed by atoms with Gasteiger partial charge in [0.1, 0.15) is 5.82 Å². The van der Waals surface area contributed by atoms with Crippen molar-refractivity contribution in [3.63, 3.8) is 0 Å². The maximum Gasteiger partial charge on any atom is 0.264 e. The topological polar surface area (TPSA) is 60.5 Å². The van der Waals surface area contributed by atoms with Crippen LogP contribution < -0.4 is 14.8 Å². The second kappa shape index (κ2) is 8.84. The number of ether oxygens (including phenoxy) is 2. The van der Waals surface area contributed by atoms with Gasteiger partial charge in [0.25, 0.3) is 5.91 Å². The molecule has 0 aliphatic heterocycles. The molecule has 5 nitrogen and oxygen atoms in total. The number of hydrogen-bond acceptors (Lipinski definition) is 5. The van der Waals surface area contributed by atoms with Gasteiger partial charge in [-0.15, -0.1) is 11.3 Å². The van der Waals surface area contributed by atoms with Gasteiger partial charge in [-0.2, -0.15) is 0 Å². The van der Waals surface area contributed by atoms with Crippen molar-refractivity contribution in [3.05, 3.63) is 70.0 Å². The van der Waals surface area contributed by atoms with Gasteiger partial charge < -0.3 is 9.47 Å². The minimum Gasteiger partial charge on any atom is -0.493 e. The van der Waals surface area contributed by atoms with E-state index in [0.717, 1.165) is 16.1 Å². The molecule has 3 rings (SSSR count). The number of anilines is 1. The van der Waals surface area contributed by atoms with Gasteiger partial charge in [0.15, 0.2) is 23.2 Å². The van der Waals surface area contributed by atoms with Crippen LogP contribution >= 0.6 is 11.3 Å². The number of aromatic nitrogens is 1. The Balaban J connectivity index is 1.61. The molecule has 7 heteroatoms. The van der Waals surface area contributed by atoms with Crippen molar-refractivity contribution < 1.29 is 18.7 Å². The molecule has 1 aromatic heterocycles. The highest BCUT2D eigenvalue weighted by Crippen LogP contribution is 2.28. The fourth-order valence-corrected chi connectivity index (χ4v) is 3.65. The van der Waals surface area contributed by atoms with E-state index in [2.05, 4.69) is 10.3 Å². The van der Waals surface area contributed by atoms with Crippen LogP contribution in [0.2, 0.25) is 0 Å². The fourth-order valence-electron chi connectivity index (χ4n) is 2.65. The zero-order valence-corrected chi connectivity index (χ0v) is 16.7.